The molecular formula is C22H25Cl3N2O3. The molecule has 0 unspecified atom stereocenters. The Morgan fingerprint density at radius 2 is 1.77 bits per heavy atom. The lowest BCUT2D eigenvalue weighted by atomic mass is 10.1. The van der Waals surface area contributed by atoms with Crippen LogP contribution in [0.3, 0.4) is 0 Å². The van der Waals surface area contributed by atoms with Crippen LogP contribution in [-0.4, -0.2) is 35.4 Å². The molecule has 0 aliphatic heterocycles. The molecular weight excluding hydrogens is 447 g/mol. The van der Waals surface area contributed by atoms with Gasteiger partial charge in [0.2, 0.25) is 5.91 Å². The molecule has 2 aromatic carbocycles. The van der Waals surface area contributed by atoms with Crippen LogP contribution >= 0.6 is 34.8 Å². The lowest BCUT2D eigenvalue weighted by Gasteiger charge is -2.31. The Labute approximate surface area is 192 Å². The maximum Gasteiger partial charge on any atom is 0.261 e. The third kappa shape index (κ3) is 7.08. The van der Waals surface area contributed by atoms with Gasteiger partial charge in [-0.05, 0) is 56.2 Å². The first kappa shape index (κ1) is 24.3. The van der Waals surface area contributed by atoms with Crippen LogP contribution in [0, 0.1) is 0 Å². The molecule has 0 aliphatic carbocycles. The zero-order chi connectivity index (χ0) is 22.3. The average molecular weight is 472 g/mol. The van der Waals surface area contributed by atoms with E-state index in [1.165, 1.54) is 4.90 Å². The van der Waals surface area contributed by atoms with Gasteiger partial charge in [-0.25, -0.2) is 0 Å². The molecule has 8 heteroatoms. The molecule has 0 bridgehead atoms. The molecule has 1 N–H and O–H groups in total. The SMILES string of the molecule is CC[C@@H](C(=O)NC(C)C)N(Cc1ccc(Cl)cc1Cl)C(=O)COc1cccc(Cl)c1. The monoisotopic (exact) mass is 470 g/mol. The number of rotatable bonds is 9. The van der Waals surface area contributed by atoms with E-state index in [-0.39, 0.29) is 31.0 Å². The summed E-state index contributed by atoms with van der Waals surface area (Å²) < 4.78 is 5.61. The zero-order valence-corrected chi connectivity index (χ0v) is 19.4. The maximum absolute atomic E-state index is 13.1. The summed E-state index contributed by atoms with van der Waals surface area (Å²) in [5.41, 5.74) is 0.688. The van der Waals surface area contributed by atoms with Crippen molar-refractivity contribution in [3.05, 3.63) is 63.1 Å². The molecule has 0 aliphatic rings. The topological polar surface area (TPSA) is 58.6 Å². The van der Waals surface area contributed by atoms with E-state index in [0.29, 0.717) is 32.8 Å². The molecule has 0 aromatic heterocycles. The summed E-state index contributed by atoms with van der Waals surface area (Å²) in [4.78, 5) is 27.3. The van der Waals surface area contributed by atoms with Crippen LogP contribution in [0.5, 0.6) is 5.75 Å². The summed E-state index contributed by atoms with van der Waals surface area (Å²) in [6.45, 7) is 5.51. The standard InChI is InChI=1S/C22H25Cl3N2O3/c1-4-20(22(29)26-14(2)3)27(12-15-8-9-17(24)11-19(15)25)21(28)13-30-18-7-5-6-16(23)10-18/h5-11,14,20H,4,12-13H2,1-3H3,(H,26,29)/t20-/m0/s1. The van der Waals surface area contributed by atoms with Crippen LogP contribution in [0.4, 0.5) is 0 Å². The molecule has 2 aromatic rings. The van der Waals surface area contributed by atoms with Gasteiger partial charge in [0.1, 0.15) is 11.8 Å². The molecule has 2 rings (SSSR count). The second-order valence-electron chi connectivity index (χ2n) is 7.09. The van der Waals surface area contributed by atoms with Gasteiger partial charge in [0, 0.05) is 27.7 Å². The van der Waals surface area contributed by atoms with E-state index >= 15 is 0 Å². The predicted octanol–water partition coefficient (Wildman–Crippen LogP) is 5.36. The highest BCUT2D eigenvalue weighted by Crippen LogP contribution is 2.24. The fourth-order valence-electron chi connectivity index (χ4n) is 2.92. The number of nitrogens with one attached hydrogen (secondary N) is 1. The highest BCUT2D eigenvalue weighted by atomic mass is 35.5. The predicted molar refractivity (Wildman–Crippen MR) is 121 cm³/mol. The number of nitrogens with zero attached hydrogens (tertiary/aromatic N) is 1. The summed E-state index contributed by atoms with van der Waals surface area (Å²) in [6, 6.07) is 11.1. The summed E-state index contributed by atoms with van der Waals surface area (Å²) in [6.07, 6.45) is 0.437. The lowest BCUT2D eigenvalue weighted by Crippen LogP contribution is -2.51. The second-order valence-corrected chi connectivity index (χ2v) is 8.37. The lowest BCUT2D eigenvalue weighted by molar-refractivity contribution is -0.143. The van der Waals surface area contributed by atoms with Crippen molar-refractivity contribution in [3.63, 3.8) is 0 Å². The minimum Gasteiger partial charge on any atom is -0.484 e. The number of hydrogen-bond acceptors (Lipinski definition) is 3. The Morgan fingerprint density at radius 3 is 2.37 bits per heavy atom. The van der Waals surface area contributed by atoms with Crippen molar-refractivity contribution >= 4 is 46.6 Å². The fourth-order valence-corrected chi connectivity index (χ4v) is 3.57. The van der Waals surface area contributed by atoms with Crippen LogP contribution in [0.25, 0.3) is 0 Å². The molecule has 0 saturated carbocycles. The molecule has 162 valence electrons. The number of benzene rings is 2. The molecule has 1 atom stereocenters. The van der Waals surface area contributed by atoms with Gasteiger partial charge in [0.15, 0.2) is 6.61 Å². The Kier molecular flexibility index (Phi) is 9.28. The van der Waals surface area contributed by atoms with Crippen molar-refractivity contribution in [3.8, 4) is 5.75 Å². The molecule has 0 spiro atoms. The Bertz CT molecular complexity index is 890. The van der Waals surface area contributed by atoms with Gasteiger partial charge in [-0.1, -0.05) is 53.9 Å². The third-order valence-corrected chi connectivity index (χ3v) is 5.15. The zero-order valence-electron chi connectivity index (χ0n) is 17.1. The number of hydrogen-bond donors (Lipinski definition) is 1. The van der Waals surface area contributed by atoms with Gasteiger partial charge in [-0.2, -0.15) is 0 Å². The first-order valence-electron chi connectivity index (χ1n) is 9.63. The number of halogens is 3. The summed E-state index contributed by atoms with van der Waals surface area (Å²) in [5, 5.41) is 4.30. The van der Waals surface area contributed by atoms with Crippen molar-refractivity contribution in [2.45, 2.75) is 45.8 Å². The summed E-state index contributed by atoms with van der Waals surface area (Å²) in [5.74, 6) is -0.0968. The molecule has 0 radical (unpaired) electrons. The van der Waals surface area contributed by atoms with Crippen LogP contribution < -0.4 is 10.1 Å². The minimum absolute atomic E-state index is 0.0506. The van der Waals surface area contributed by atoms with Crippen LogP contribution in [0.15, 0.2) is 42.5 Å². The number of amides is 2. The summed E-state index contributed by atoms with van der Waals surface area (Å²) >= 11 is 18.3. The van der Waals surface area contributed by atoms with Crippen molar-refractivity contribution in [1.82, 2.24) is 10.2 Å². The average Bonchev–Trinajstić information content (AvgIpc) is 2.67. The number of ether oxygens (including phenoxy) is 1. The van der Waals surface area contributed by atoms with E-state index in [1.54, 1.807) is 42.5 Å². The van der Waals surface area contributed by atoms with E-state index in [9.17, 15) is 9.59 Å². The van der Waals surface area contributed by atoms with Crippen LogP contribution in [0.1, 0.15) is 32.8 Å². The van der Waals surface area contributed by atoms with Crippen molar-refractivity contribution in [2.75, 3.05) is 6.61 Å². The van der Waals surface area contributed by atoms with E-state index in [2.05, 4.69) is 5.32 Å². The number of carbonyl (C=O) groups excluding carboxylic acids is 2. The smallest absolute Gasteiger partial charge is 0.261 e. The molecule has 2 amide bonds. The van der Waals surface area contributed by atoms with Gasteiger partial charge in [0.05, 0.1) is 0 Å². The highest BCUT2D eigenvalue weighted by molar-refractivity contribution is 6.35. The quantitative estimate of drug-likeness (QED) is 0.536. The van der Waals surface area contributed by atoms with Crippen LogP contribution in [0.2, 0.25) is 15.1 Å². The first-order chi connectivity index (χ1) is 14.2. The van der Waals surface area contributed by atoms with E-state index < -0.39 is 6.04 Å². The summed E-state index contributed by atoms with van der Waals surface area (Å²) in [7, 11) is 0. The third-order valence-electron chi connectivity index (χ3n) is 4.33. The van der Waals surface area contributed by atoms with Crippen LogP contribution in [-0.2, 0) is 16.1 Å². The van der Waals surface area contributed by atoms with E-state index in [4.69, 9.17) is 39.5 Å². The van der Waals surface area contributed by atoms with E-state index in [1.807, 2.05) is 20.8 Å². The van der Waals surface area contributed by atoms with E-state index in [0.717, 1.165) is 0 Å². The normalized spacial score (nSPS) is 11.8. The first-order valence-corrected chi connectivity index (χ1v) is 10.8. The highest BCUT2D eigenvalue weighted by Gasteiger charge is 2.29. The van der Waals surface area contributed by atoms with Crippen molar-refractivity contribution in [1.29, 1.82) is 0 Å². The molecule has 0 fully saturated rings. The largest absolute Gasteiger partial charge is 0.484 e. The Morgan fingerprint density at radius 1 is 1.07 bits per heavy atom. The van der Waals surface area contributed by atoms with Gasteiger partial charge >= 0.3 is 0 Å². The molecule has 30 heavy (non-hydrogen) atoms. The molecule has 5 nitrogen and oxygen atoms in total. The minimum atomic E-state index is -0.672. The van der Waals surface area contributed by atoms with Gasteiger partial charge in [-0.15, -0.1) is 0 Å². The maximum atomic E-state index is 13.1. The van der Waals surface area contributed by atoms with Gasteiger partial charge in [-0.3, -0.25) is 9.59 Å². The van der Waals surface area contributed by atoms with Crippen molar-refractivity contribution < 1.29 is 14.3 Å². The molecule has 0 saturated heterocycles. The second kappa shape index (κ2) is 11.4. The van der Waals surface area contributed by atoms with Crippen molar-refractivity contribution in [2.24, 2.45) is 0 Å². The van der Waals surface area contributed by atoms with Gasteiger partial charge in [0.25, 0.3) is 5.91 Å². The Hall–Kier alpha value is -1.95. The fraction of sp³-hybridized carbons (Fsp3) is 0.364. The Balaban J connectivity index is 2.25. The number of carbonyl (C=O) groups is 2. The molecule has 0 heterocycles. The van der Waals surface area contributed by atoms with Gasteiger partial charge < -0.3 is 15.0 Å².